The summed E-state index contributed by atoms with van der Waals surface area (Å²) in [7, 11) is 0. The van der Waals surface area contributed by atoms with Crippen molar-refractivity contribution in [3.63, 3.8) is 0 Å². The van der Waals surface area contributed by atoms with Gasteiger partial charge in [0.2, 0.25) is 5.95 Å². The molecule has 0 aliphatic carbocycles. The van der Waals surface area contributed by atoms with Gasteiger partial charge in [-0.15, -0.1) is 0 Å². The molecule has 0 bridgehead atoms. The lowest BCUT2D eigenvalue weighted by Crippen LogP contribution is -2.28. The van der Waals surface area contributed by atoms with Gasteiger partial charge in [-0.3, -0.25) is 15.3 Å². The second kappa shape index (κ2) is 5.40. The average molecular weight is 262 g/mol. The number of nitrogens with zero attached hydrogens (tertiary/aromatic N) is 4. The number of aromatic nitrogens is 5. The topological polar surface area (TPSA) is 134 Å². The lowest BCUT2D eigenvalue weighted by molar-refractivity contribution is 0.0933. The van der Waals surface area contributed by atoms with Gasteiger partial charge in [0.05, 0.1) is 6.04 Å². The van der Waals surface area contributed by atoms with Crippen molar-refractivity contribution in [2.45, 2.75) is 19.9 Å². The molecular weight excluding hydrogens is 248 g/mol. The fraction of sp³-hybridized carbons (Fsp3) is 0.300. The maximum Gasteiger partial charge on any atom is 0.270 e. The lowest BCUT2D eigenvalue weighted by atomic mass is 10.2. The first-order valence-corrected chi connectivity index (χ1v) is 5.58. The second-order valence-corrected chi connectivity index (χ2v) is 3.93. The van der Waals surface area contributed by atoms with Gasteiger partial charge in [-0.2, -0.15) is 5.10 Å². The fourth-order valence-electron chi connectivity index (χ4n) is 1.51. The third-order valence-corrected chi connectivity index (χ3v) is 2.41. The summed E-state index contributed by atoms with van der Waals surface area (Å²) in [5.41, 5.74) is 3.18. The molecule has 2 aromatic rings. The zero-order valence-electron chi connectivity index (χ0n) is 10.5. The number of hydrogen-bond acceptors (Lipinski definition) is 7. The molecule has 0 aromatic carbocycles. The summed E-state index contributed by atoms with van der Waals surface area (Å²) >= 11 is 0. The van der Waals surface area contributed by atoms with Gasteiger partial charge in [0.15, 0.2) is 0 Å². The number of rotatable bonds is 4. The molecule has 100 valence electrons. The Labute approximate surface area is 109 Å². The monoisotopic (exact) mass is 262 g/mol. The maximum atomic E-state index is 12.0. The van der Waals surface area contributed by atoms with Crippen LogP contribution in [0.2, 0.25) is 0 Å². The van der Waals surface area contributed by atoms with Gasteiger partial charge in [-0.1, -0.05) is 0 Å². The number of nitrogens with two attached hydrogens (primary N) is 1. The van der Waals surface area contributed by atoms with Crippen molar-refractivity contribution in [2.24, 2.45) is 5.84 Å². The number of carbonyl (C=O) groups excluding carboxylic acids is 1. The number of anilines is 1. The van der Waals surface area contributed by atoms with Gasteiger partial charge in [-0.05, 0) is 19.9 Å². The molecule has 1 atom stereocenters. The van der Waals surface area contributed by atoms with Crippen LogP contribution in [0.4, 0.5) is 5.95 Å². The van der Waals surface area contributed by atoms with Crippen LogP contribution in [0.5, 0.6) is 0 Å². The first-order valence-electron chi connectivity index (χ1n) is 5.58. The van der Waals surface area contributed by atoms with Crippen LogP contribution in [-0.4, -0.2) is 31.1 Å². The van der Waals surface area contributed by atoms with Crippen LogP contribution in [0.1, 0.15) is 35.0 Å². The molecule has 0 spiro atoms. The Bertz CT molecular complexity index is 567. The number of hydrogen-bond donors (Lipinski definition) is 4. The molecule has 9 nitrogen and oxygen atoms in total. The minimum atomic E-state index is -0.342. The van der Waals surface area contributed by atoms with Crippen LogP contribution < -0.4 is 16.6 Å². The number of nitrogen functional groups attached to an aromatic ring is 1. The Hall–Kier alpha value is -2.55. The third-order valence-electron chi connectivity index (χ3n) is 2.41. The predicted molar refractivity (Wildman–Crippen MR) is 66.8 cm³/mol. The predicted octanol–water partition coefficient (Wildman–Crippen LogP) is -0.320. The molecule has 0 aliphatic heterocycles. The maximum absolute atomic E-state index is 12.0. The van der Waals surface area contributed by atoms with Crippen LogP contribution in [0.15, 0.2) is 12.4 Å². The van der Waals surface area contributed by atoms with E-state index >= 15 is 0 Å². The SMILES string of the molecule is Cc1cc(C(=O)NC(C)c2ncn[nH]2)nc(NN)n1. The van der Waals surface area contributed by atoms with Gasteiger partial charge in [0.25, 0.3) is 5.91 Å². The average Bonchev–Trinajstić information content (AvgIpc) is 2.91. The number of amides is 1. The summed E-state index contributed by atoms with van der Waals surface area (Å²) in [6.07, 6.45) is 1.38. The van der Waals surface area contributed by atoms with Crippen molar-refractivity contribution in [1.29, 1.82) is 0 Å². The van der Waals surface area contributed by atoms with Crippen LogP contribution in [0, 0.1) is 6.92 Å². The van der Waals surface area contributed by atoms with Crippen molar-refractivity contribution >= 4 is 11.9 Å². The lowest BCUT2D eigenvalue weighted by Gasteiger charge is -2.11. The van der Waals surface area contributed by atoms with E-state index in [4.69, 9.17) is 5.84 Å². The summed E-state index contributed by atoms with van der Waals surface area (Å²) < 4.78 is 0. The van der Waals surface area contributed by atoms with E-state index in [1.54, 1.807) is 19.9 Å². The smallest absolute Gasteiger partial charge is 0.270 e. The van der Waals surface area contributed by atoms with Gasteiger partial charge in [-0.25, -0.2) is 20.8 Å². The Morgan fingerprint density at radius 1 is 1.47 bits per heavy atom. The Morgan fingerprint density at radius 3 is 2.89 bits per heavy atom. The number of nitrogens with one attached hydrogen (secondary N) is 3. The molecule has 5 N–H and O–H groups in total. The number of aryl methyl sites for hydroxylation is 1. The van der Waals surface area contributed by atoms with E-state index in [-0.39, 0.29) is 23.6 Å². The number of H-pyrrole nitrogens is 1. The van der Waals surface area contributed by atoms with E-state index in [9.17, 15) is 4.79 Å². The molecule has 2 heterocycles. The molecule has 0 aliphatic rings. The van der Waals surface area contributed by atoms with Gasteiger partial charge < -0.3 is 5.32 Å². The summed E-state index contributed by atoms with van der Waals surface area (Å²) in [5.74, 6) is 5.65. The molecule has 1 unspecified atom stereocenters. The molecule has 2 rings (SSSR count). The normalized spacial score (nSPS) is 11.9. The minimum absolute atomic E-state index is 0.192. The van der Waals surface area contributed by atoms with E-state index < -0.39 is 0 Å². The number of carbonyl (C=O) groups is 1. The Kier molecular flexibility index (Phi) is 3.66. The van der Waals surface area contributed by atoms with Crippen LogP contribution >= 0.6 is 0 Å². The van der Waals surface area contributed by atoms with Gasteiger partial charge in [0.1, 0.15) is 17.8 Å². The van der Waals surface area contributed by atoms with Crippen LogP contribution in [0.25, 0.3) is 0 Å². The van der Waals surface area contributed by atoms with E-state index in [0.717, 1.165) is 0 Å². The zero-order chi connectivity index (χ0) is 13.8. The molecule has 0 saturated carbocycles. The number of hydrazine groups is 1. The second-order valence-electron chi connectivity index (χ2n) is 3.93. The van der Waals surface area contributed by atoms with Gasteiger partial charge in [0, 0.05) is 5.69 Å². The van der Waals surface area contributed by atoms with E-state index in [0.29, 0.717) is 11.5 Å². The summed E-state index contributed by atoms with van der Waals surface area (Å²) in [6.45, 7) is 3.54. The molecule has 9 heteroatoms. The summed E-state index contributed by atoms with van der Waals surface area (Å²) in [5, 5.41) is 9.16. The minimum Gasteiger partial charge on any atom is -0.341 e. The highest BCUT2D eigenvalue weighted by atomic mass is 16.2. The van der Waals surface area contributed by atoms with Crippen molar-refractivity contribution in [3.05, 3.63) is 29.6 Å². The van der Waals surface area contributed by atoms with Crippen molar-refractivity contribution < 1.29 is 4.79 Å². The van der Waals surface area contributed by atoms with Crippen molar-refractivity contribution in [3.8, 4) is 0 Å². The summed E-state index contributed by atoms with van der Waals surface area (Å²) in [4.78, 5) is 24.0. The largest absolute Gasteiger partial charge is 0.341 e. The van der Waals surface area contributed by atoms with E-state index in [1.807, 2.05) is 0 Å². The Morgan fingerprint density at radius 2 is 2.26 bits per heavy atom. The molecule has 19 heavy (non-hydrogen) atoms. The first kappa shape index (κ1) is 12.9. The molecule has 0 radical (unpaired) electrons. The molecule has 0 saturated heterocycles. The van der Waals surface area contributed by atoms with Crippen molar-refractivity contribution in [1.82, 2.24) is 30.5 Å². The van der Waals surface area contributed by atoms with Crippen molar-refractivity contribution in [2.75, 3.05) is 5.43 Å². The molecular formula is C10H14N8O. The number of aromatic amines is 1. The first-order chi connectivity index (χ1) is 9.10. The highest BCUT2D eigenvalue weighted by Gasteiger charge is 2.15. The van der Waals surface area contributed by atoms with Crippen LogP contribution in [0.3, 0.4) is 0 Å². The standard InChI is InChI=1S/C10H14N8O/c1-5-3-7(16-10(14-5)17-11)9(19)15-6(2)8-12-4-13-18-8/h3-4,6H,11H2,1-2H3,(H,15,19)(H,12,13,18)(H,14,16,17). The molecule has 0 fully saturated rings. The fourth-order valence-corrected chi connectivity index (χ4v) is 1.51. The molecule has 1 amide bonds. The van der Waals surface area contributed by atoms with Crippen LogP contribution in [-0.2, 0) is 0 Å². The van der Waals surface area contributed by atoms with Gasteiger partial charge >= 0.3 is 0 Å². The van der Waals surface area contributed by atoms with E-state index in [1.165, 1.54) is 6.33 Å². The quantitative estimate of drug-likeness (QED) is 0.438. The zero-order valence-corrected chi connectivity index (χ0v) is 10.5. The Balaban J connectivity index is 2.13. The third kappa shape index (κ3) is 3.01. The van der Waals surface area contributed by atoms with E-state index in [2.05, 4.69) is 35.9 Å². The highest BCUT2D eigenvalue weighted by Crippen LogP contribution is 2.08. The molecule has 2 aromatic heterocycles. The highest BCUT2D eigenvalue weighted by molar-refractivity contribution is 5.92. The summed E-state index contributed by atoms with van der Waals surface area (Å²) in [6, 6.07) is 1.27.